The summed E-state index contributed by atoms with van der Waals surface area (Å²) in [5.74, 6) is 0.431. The fraction of sp³-hybridized carbons (Fsp3) is 0.143. The number of benzene rings is 2. The Balaban J connectivity index is 1.48. The van der Waals surface area contributed by atoms with E-state index in [0.29, 0.717) is 23.1 Å². The smallest absolute Gasteiger partial charge is 0.279 e. The van der Waals surface area contributed by atoms with Crippen LogP contribution in [-0.4, -0.2) is 33.0 Å². The molecule has 2 aromatic carbocycles. The molecule has 0 saturated carbocycles. The van der Waals surface area contributed by atoms with Gasteiger partial charge in [0.15, 0.2) is 10.8 Å². The quantitative estimate of drug-likeness (QED) is 0.524. The van der Waals surface area contributed by atoms with Gasteiger partial charge in [-0.05, 0) is 24.6 Å². The van der Waals surface area contributed by atoms with Crippen LogP contribution in [-0.2, 0) is 6.54 Å². The normalized spacial score (nSPS) is 10.7. The van der Waals surface area contributed by atoms with E-state index >= 15 is 0 Å². The maximum Gasteiger partial charge on any atom is 0.279 e. The summed E-state index contributed by atoms with van der Waals surface area (Å²) in [6.07, 6.45) is 0. The molecule has 0 unspecified atom stereocenters. The van der Waals surface area contributed by atoms with Gasteiger partial charge in [-0.15, -0.1) is 16.4 Å². The maximum atomic E-state index is 12.7. The van der Waals surface area contributed by atoms with Gasteiger partial charge in [0, 0.05) is 10.9 Å². The van der Waals surface area contributed by atoms with Gasteiger partial charge in [-0.1, -0.05) is 47.7 Å². The number of rotatable bonds is 6. The summed E-state index contributed by atoms with van der Waals surface area (Å²) >= 11 is 1.36. The Labute approximate surface area is 172 Å². The summed E-state index contributed by atoms with van der Waals surface area (Å²) in [4.78, 5) is 17.2. The fourth-order valence-electron chi connectivity index (χ4n) is 2.88. The molecule has 146 valence electrons. The molecule has 0 aliphatic rings. The largest absolute Gasteiger partial charge is 0.497 e. The van der Waals surface area contributed by atoms with Crippen molar-refractivity contribution >= 4 is 22.4 Å². The summed E-state index contributed by atoms with van der Waals surface area (Å²) < 4.78 is 6.97. The highest BCUT2D eigenvalue weighted by molar-refractivity contribution is 7.14. The van der Waals surface area contributed by atoms with E-state index in [1.165, 1.54) is 11.3 Å². The standard InChI is InChI=1S/C21H19N5O2S/c1-14-19(24-25-26(14)12-15-7-4-3-5-8-15)20(27)23-21-22-18(13-29-21)16-9-6-10-17(11-16)28-2/h3-11,13H,12H2,1-2H3,(H,22,23,27). The molecule has 0 aliphatic carbocycles. The molecule has 4 rings (SSSR count). The van der Waals surface area contributed by atoms with Gasteiger partial charge in [-0.3, -0.25) is 10.1 Å². The van der Waals surface area contributed by atoms with Crippen LogP contribution in [0.5, 0.6) is 5.75 Å². The summed E-state index contributed by atoms with van der Waals surface area (Å²) in [6, 6.07) is 17.6. The van der Waals surface area contributed by atoms with E-state index < -0.39 is 0 Å². The van der Waals surface area contributed by atoms with E-state index in [0.717, 1.165) is 22.6 Å². The second-order valence-electron chi connectivity index (χ2n) is 6.39. The van der Waals surface area contributed by atoms with Crippen LogP contribution in [0.3, 0.4) is 0 Å². The molecule has 2 aromatic heterocycles. The van der Waals surface area contributed by atoms with Crippen LogP contribution in [0.1, 0.15) is 21.7 Å². The molecule has 0 atom stereocenters. The number of thiazole rings is 1. The monoisotopic (exact) mass is 405 g/mol. The molecule has 0 bridgehead atoms. The molecule has 2 heterocycles. The van der Waals surface area contributed by atoms with Crippen molar-refractivity contribution in [1.29, 1.82) is 0 Å². The predicted molar refractivity (Wildman–Crippen MR) is 112 cm³/mol. The third kappa shape index (κ3) is 4.17. The molecule has 0 radical (unpaired) electrons. The van der Waals surface area contributed by atoms with E-state index in [2.05, 4.69) is 20.6 Å². The van der Waals surface area contributed by atoms with Crippen molar-refractivity contribution in [1.82, 2.24) is 20.0 Å². The van der Waals surface area contributed by atoms with E-state index in [1.807, 2.05) is 66.9 Å². The Hall–Kier alpha value is -3.52. The molecule has 0 fully saturated rings. The number of ether oxygens (including phenoxy) is 1. The molecule has 1 amide bonds. The molecular weight excluding hydrogens is 386 g/mol. The summed E-state index contributed by atoms with van der Waals surface area (Å²) in [6.45, 7) is 2.39. The first-order chi connectivity index (χ1) is 14.1. The number of nitrogens with one attached hydrogen (secondary N) is 1. The number of carbonyl (C=O) groups is 1. The molecule has 0 spiro atoms. The minimum Gasteiger partial charge on any atom is -0.497 e. The highest BCUT2D eigenvalue weighted by Crippen LogP contribution is 2.27. The number of methoxy groups -OCH3 is 1. The van der Waals surface area contributed by atoms with Gasteiger partial charge in [0.1, 0.15) is 5.75 Å². The highest BCUT2D eigenvalue weighted by atomic mass is 32.1. The van der Waals surface area contributed by atoms with Gasteiger partial charge in [-0.25, -0.2) is 9.67 Å². The van der Waals surface area contributed by atoms with Crippen LogP contribution in [0.4, 0.5) is 5.13 Å². The first kappa shape index (κ1) is 18.8. The average molecular weight is 405 g/mol. The van der Waals surface area contributed by atoms with Crippen molar-refractivity contribution in [2.45, 2.75) is 13.5 Å². The summed E-state index contributed by atoms with van der Waals surface area (Å²) in [5, 5.41) is 13.4. The number of carbonyl (C=O) groups excluding carboxylic acids is 1. The number of nitrogens with zero attached hydrogens (tertiary/aromatic N) is 4. The predicted octanol–water partition coefficient (Wildman–Crippen LogP) is 4.02. The van der Waals surface area contributed by atoms with Gasteiger partial charge < -0.3 is 4.74 Å². The molecule has 8 heteroatoms. The van der Waals surface area contributed by atoms with Crippen molar-refractivity contribution in [3.8, 4) is 17.0 Å². The third-order valence-electron chi connectivity index (χ3n) is 4.46. The molecule has 0 saturated heterocycles. The summed E-state index contributed by atoms with van der Waals surface area (Å²) in [7, 11) is 1.62. The van der Waals surface area contributed by atoms with Gasteiger partial charge in [0.05, 0.1) is 25.0 Å². The first-order valence-corrected chi connectivity index (χ1v) is 9.87. The minimum absolute atomic E-state index is 0.291. The van der Waals surface area contributed by atoms with Gasteiger partial charge >= 0.3 is 0 Å². The van der Waals surface area contributed by atoms with Crippen molar-refractivity contribution in [2.24, 2.45) is 0 Å². The second-order valence-corrected chi connectivity index (χ2v) is 7.25. The van der Waals surface area contributed by atoms with E-state index in [9.17, 15) is 4.79 Å². The fourth-order valence-corrected chi connectivity index (χ4v) is 3.59. The van der Waals surface area contributed by atoms with Gasteiger partial charge in [0.25, 0.3) is 5.91 Å². The Morgan fingerprint density at radius 3 is 2.79 bits per heavy atom. The summed E-state index contributed by atoms with van der Waals surface area (Å²) in [5.41, 5.74) is 3.78. The zero-order valence-electron chi connectivity index (χ0n) is 16.0. The third-order valence-corrected chi connectivity index (χ3v) is 5.22. The second kappa shape index (κ2) is 8.24. The van der Waals surface area contributed by atoms with Crippen molar-refractivity contribution in [3.05, 3.63) is 76.9 Å². The molecule has 1 N–H and O–H groups in total. The lowest BCUT2D eigenvalue weighted by atomic mass is 10.2. The van der Waals surface area contributed by atoms with Crippen LogP contribution in [0.2, 0.25) is 0 Å². The first-order valence-electron chi connectivity index (χ1n) is 8.99. The minimum atomic E-state index is -0.326. The van der Waals surface area contributed by atoms with Crippen molar-refractivity contribution in [2.75, 3.05) is 12.4 Å². The number of anilines is 1. The Morgan fingerprint density at radius 2 is 2.00 bits per heavy atom. The Bertz CT molecular complexity index is 1140. The number of hydrogen-bond acceptors (Lipinski definition) is 6. The zero-order chi connectivity index (χ0) is 20.2. The molecule has 0 aliphatic heterocycles. The zero-order valence-corrected chi connectivity index (χ0v) is 16.8. The lowest BCUT2D eigenvalue weighted by Gasteiger charge is -2.04. The molecule has 29 heavy (non-hydrogen) atoms. The topological polar surface area (TPSA) is 81.9 Å². The van der Waals surface area contributed by atoms with E-state index in [1.54, 1.807) is 11.8 Å². The van der Waals surface area contributed by atoms with Crippen LogP contribution < -0.4 is 10.1 Å². The van der Waals surface area contributed by atoms with E-state index in [4.69, 9.17) is 4.74 Å². The van der Waals surface area contributed by atoms with E-state index in [-0.39, 0.29) is 5.91 Å². The SMILES string of the molecule is COc1cccc(-c2csc(NC(=O)c3nnn(Cc4ccccc4)c3C)n2)c1. The molecule has 7 nitrogen and oxygen atoms in total. The molecular formula is C21H19N5O2S. The number of amides is 1. The Morgan fingerprint density at radius 1 is 1.17 bits per heavy atom. The Kier molecular flexibility index (Phi) is 5.35. The lowest BCUT2D eigenvalue weighted by molar-refractivity contribution is 0.102. The molecule has 4 aromatic rings. The van der Waals surface area contributed by atoms with Crippen LogP contribution >= 0.6 is 11.3 Å². The van der Waals surface area contributed by atoms with Crippen LogP contribution in [0.15, 0.2) is 60.0 Å². The maximum absolute atomic E-state index is 12.7. The van der Waals surface area contributed by atoms with Gasteiger partial charge in [-0.2, -0.15) is 0 Å². The van der Waals surface area contributed by atoms with Gasteiger partial charge in [0.2, 0.25) is 0 Å². The van der Waals surface area contributed by atoms with Crippen LogP contribution in [0, 0.1) is 6.92 Å². The number of hydrogen-bond donors (Lipinski definition) is 1. The number of aromatic nitrogens is 4. The van der Waals surface area contributed by atoms with Crippen molar-refractivity contribution < 1.29 is 9.53 Å². The van der Waals surface area contributed by atoms with Crippen molar-refractivity contribution in [3.63, 3.8) is 0 Å². The average Bonchev–Trinajstić information content (AvgIpc) is 3.36. The highest BCUT2D eigenvalue weighted by Gasteiger charge is 2.18. The van der Waals surface area contributed by atoms with Crippen LogP contribution in [0.25, 0.3) is 11.3 Å². The lowest BCUT2D eigenvalue weighted by Crippen LogP contribution is -2.14.